The highest BCUT2D eigenvalue weighted by molar-refractivity contribution is 5.96. The van der Waals surface area contributed by atoms with E-state index >= 15 is 0 Å². The van der Waals surface area contributed by atoms with Crippen LogP contribution in [0.5, 0.6) is 0 Å². The lowest BCUT2D eigenvalue weighted by Gasteiger charge is -2.22. The second kappa shape index (κ2) is 9.40. The van der Waals surface area contributed by atoms with E-state index in [1.54, 1.807) is 24.3 Å². The standard InChI is InChI=1S/C23H29N3O2/c1-16-7-6-10-21(17(16)2)24-15-22(27)25-20-13-11-18(12-14-20)23(28)26-19-8-4-3-5-9-19/h6-7,10-14,19,24H,3-5,8-9,15H2,1-2H3,(H,25,27)(H,26,28). The van der Waals surface area contributed by atoms with Crippen molar-refractivity contribution in [3.05, 3.63) is 59.2 Å². The highest BCUT2D eigenvalue weighted by atomic mass is 16.2. The van der Waals surface area contributed by atoms with Crippen LogP contribution in [0.4, 0.5) is 11.4 Å². The summed E-state index contributed by atoms with van der Waals surface area (Å²) in [5.74, 6) is -0.165. The van der Waals surface area contributed by atoms with Gasteiger partial charge in [0.15, 0.2) is 0 Å². The van der Waals surface area contributed by atoms with E-state index in [0.29, 0.717) is 11.3 Å². The van der Waals surface area contributed by atoms with E-state index in [9.17, 15) is 9.59 Å². The van der Waals surface area contributed by atoms with Crippen LogP contribution in [0.3, 0.4) is 0 Å². The minimum absolute atomic E-state index is 0.0404. The van der Waals surface area contributed by atoms with Crippen LogP contribution in [0.25, 0.3) is 0 Å². The number of rotatable bonds is 6. The molecule has 1 aliphatic rings. The van der Waals surface area contributed by atoms with Crippen LogP contribution in [-0.4, -0.2) is 24.4 Å². The first kappa shape index (κ1) is 19.9. The molecule has 0 unspecified atom stereocenters. The van der Waals surface area contributed by atoms with E-state index in [-0.39, 0.29) is 24.4 Å². The molecule has 1 fully saturated rings. The third kappa shape index (κ3) is 5.35. The number of aryl methyl sites for hydroxylation is 1. The quantitative estimate of drug-likeness (QED) is 0.696. The number of nitrogens with one attached hydrogen (secondary N) is 3. The van der Waals surface area contributed by atoms with Crippen LogP contribution in [0.15, 0.2) is 42.5 Å². The van der Waals surface area contributed by atoms with E-state index in [0.717, 1.165) is 24.1 Å². The SMILES string of the molecule is Cc1cccc(NCC(=O)Nc2ccc(C(=O)NC3CCCCC3)cc2)c1C. The normalized spacial score (nSPS) is 14.4. The number of carbonyl (C=O) groups is 2. The molecule has 0 spiro atoms. The number of amides is 2. The van der Waals surface area contributed by atoms with E-state index in [2.05, 4.69) is 16.0 Å². The lowest BCUT2D eigenvalue weighted by Crippen LogP contribution is -2.36. The van der Waals surface area contributed by atoms with Crippen molar-refractivity contribution in [1.82, 2.24) is 5.32 Å². The summed E-state index contributed by atoms with van der Waals surface area (Å²) in [5.41, 5.74) is 4.60. The predicted molar refractivity (Wildman–Crippen MR) is 114 cm³/mol. The van der Waals surface area contributed by atoms with Crippen LogP contribution in [0.2, 0.25) is 0 Å². The molecular weight excluding hydrogens is 350 g/mol. The Hall–Kier alpha value is -2.82. The topological polar surface area (TPSA) is 70.2 Å². The van der Waals surface area contributed by atoms with E-state index in [4.69, 9.17) is 0 Å². The van der Waals surface area contributed by atoms with Crippen LogP contribution < -0.4 is 16.0 Å². The van der Waals surface area contributed by atoms with Crippen molar-refractivity contribution in [1.29, 1.82) is 0 Å². The molecule has 3 N–H and O–H groups in total. The fourth-order valence-electron chi connectivity index (χ4n) is 3.54. The Morgan fingerprint density at radius 2 is 1.68 bits per heavy atom. The number of anilines is 2. The third-order valence-corrected chi connectivity index (χ3v) is 5.42. The Kier molecular flexibility index (Phi) is 6.69. The van der Waals surface area contributed by atoms with Gasteiger partial charge in [0, 0.05) is 23.0 Å². The molecule has 148 valence electrons. The Balaban J connectivity index is 1.49. The average molecular weight is 380 g/mol. The highest BCUT2D eigenvalue weighted by Gasteiger charge is 2.16. The molecule has 1 aliphatic carbocycles. The molecule has 28 heavy (non-hydrogen) atoms. The van der Waals surface area contributed by atoms with Crippen LogP contribution in [0, 0.1) is 13.8 Å². The molecule has 5 heteroatoms. The van der Waals surface area contributed by atoms with Crippen molar-refractivity contribution < 1.29 is 9.59 Å². The van der Waals surface area contributed by atoms with Crippen molar-refractivity contribution in [3.63, 3.8) is 0 Å². The van der Waals surface area contributed by atoms with Crippen molar-refractivity contribution in [2.45, 2.75) is 52.0 Å². The van der Waals surface area contributed by atoms with Crippen LogP contribution >= 0.6 is 0 Å². The molecule has 0 bridgehead atoms. The van der Waals surface area contributed by atoms with Gasteiger partial charge >= 0.3 is 0 Å². The molecular formula is C23H29N3O2. The van der Waals surface area contributed by atoms with E-state index in [1.807, 2.05) is 32.0 Å². The fraction of sp³-hybridized carbons (Fsp3) is 0.391. The van der Waals surface area contributed by atoms with E-state index in [1.165, 1.54) is 24.8 Å². The summed E-state index contributed by atoms with van der Waals surface area (Å²) in [7, 11) is 0. The van der Waals surface area contributed by atoms with Crippen LogP contribution in [-0.2, 0) is 4.79 Å². The summed E-state index contributed by atoms with van der Waals surface area (Å²) in [6.45, 7) is 4.27. The Morgan fingerprint density at radius 3 is 2.39 bits per heavy atom. The van der Waals surface area contributed by atoms with Gasteiger partial charge in [0.2, 0.25) is 5.91 Å². The summed E-state index contributed by atoms with van der Waals surface area (Å²) in [6, 6.07) is 13.3. The molecule has 2 amide bonds. The highest BCUT2D eigenvalue weighted by Crippen LogP contribution is 2.19. The van der Waals surface area contributed by atoms with Gasteiger partial charge < -0.3 is 16.0 Å². The Bertz CT molecular complexity index is 824. The summed E-state index contributed by atoms with van der Waals surface area (Å²) in [6.07, 6.45) is 5.76. The van der Waals surface area contributed by atoms with Gasteiger partial charge in [-0.05, 0) is 68.1 Å². The lowest BCUT2D eigenvalue weighted by molar-refractivity contribution is -0.114. The van der Waals surface area contributed by atoms with Gasteiger partial charge in [0.1, 0.15) is 0 Å². The van der Waals surface area contributed by atoms with E-state index < -0.39 is 0 Å². The second-order valence-corrected chi connectivity index (χ2v) is 7.53. The first-order valence-corrected chi connectivity index (χ1v) is 10.0. The molecule has 0 atom stereocenters. The summed E-state index contributed by atoms with van der Waals surface area (Å²) >= 11 is 0. The van der Waals surface area contributed by atoms with Crippen molar-refractivity contribution in [2.75, 3.05) is 17.2 Å². The van der Waals surface area contributed by atoms with Gasteiger partial charge in [0.05, 0.1) is 6.54 Å². The maximum atomic E-state index is 12.4. The molecule has 3 rings (SSSR count). The molecule has 1 saturated carbocycles. The lowest BCUT2D eigenvalue weighted by atomic mass is 9.95. The maximum Gasteiger partial charge on any atom is 0.251 e. The van der Waals surface area contributed by atoms with Gasteiger partial charge in [-0.25, -0.2) is 0 Å². The monoisotopic (exact) mass is 379 g/mol. The van der Waals surface area contributed by atoms with Gasteiger partial charge in [-0.15, -0.1) is 0 Å². The molecule has 0 radical (unpaired) electrons. The van der Waals surface area contributed by atoms with Gasteiger partial charge in [-0.2, -0.15) is 0 Å². The van der Waals surface area contributed by atoms with Crippen molar-refractivity contribution >= 4 is 23.2 Å². The summed E-state index contributed by atoms with van der Waals surface area (Å²) < 4.78 is 0. The number of carbonyl (C=O) groups excluding carboxylic acids is 2. The molecule has 2 aromatic carbocycles. The first-order chi connectivity index (χ1) is 13.5. The number of hydrogen-bond acceptors (Lipinski definition) is 3. The minimum Gasteiger partial charge on any atom is -0.376 e. The summed E-state index contributed by atoms with van der Waals surface area (Å²) in [5, 5.41) is 9.14. The predicted octanol–water partition coefficient (Wildman–Crippen LogP) is 4.42. The van der Waals surface area contributed by atoms with Gasteiger partial charge in [-0.1, -0.05) is 31.4 Å². The Labute approximate surface area is 166 Å². The van der Waals surface area contributed by atoms with Crippen molar-refractivity contribution in [2.24, 2.45) is 0 Å². The number of hydrogen-bond donors (Lipinski definition) is 3. The number of benzene rings is 2. The summed E-state index contributed by atoms with van der Waals surface area (Å²) in [4.78, 5) is 24.6. The van der Waals surface area contributed by atoms with Crippen molar-refractivity contribution in [3.8, 4) is 0 Å². The second-order valence-electron chi connectivity index (χ2n) is 7.53. The molecule has 0 heterocycles. The zero-order valence-corrected chi connectivity index (χ0v) is 16.7. The van der Waals surface area contributed by atoms with Gasteiger partial charge in [0.25, 0.3) is 5.91 Å². The zero-order chi connectivity index (χ0) is 19.9. The van der Waals surface area contributed by atoms with Gasteiger partial charge in [-0.3, -0.25) is 9.59 Å². The molecule has 5 nitrogen and oxygen atoms in total. The molecule has 0 aliphatic heterocycles. The average Bonchev–Trinajstić information content (AvgIpc) is 2.70. The first-order valence-electron chi connectivity index (χ1n) is 10.0. The zero-order valence-electron chi connectivity index (χ0n) is 16.7. The molecule has 2 aromatic rings. The minimum atomic E-state index is -0.125. The van der Waals surface area contributed by atoms with Crippen LogP contribution in [0.1, 0.15) is 53.6 Å². The molecule has 0 saturated heterocycles. The maximum absolute atomic E-state index is 12.4. The third-order valence-electron chi connectivity index (χ3n) is 5.42. The largest absolute Gasteiger partial charge is 0.376 e. The molecule has 0 aromatic heterocycles. The smallest absolute Gasteiger partial charge is 0.251 e. The Morgan fingerprint density at radius 1 is 0.964 bits per heavy atom. The fourth-order valence-corrected chi connectivity index (χ4v) is 3.54.